The van der Waals surface area contributed by atoms with Crippen LogP contribution in [-0.2, 0) is 19.3 Å². The molecule has 30 heavy (non-hydrogen) atoms. The summed E-state index contributed by atoms with van der Waals surface area (Å²) in [6.07, 6.45) is 4.77. The molecular weight excluding hydrogens is 416 g/mol. The van der Waals surface area contributed by atoms with Crippen LogP contribution in [0.1, 0.15) is 56.5 Å². The topological polar surface area (TPSA) is 58.2 Å². The molecule has 0 radical (unpaired) electrons. The fourth-order valence-corrected chi connectivity index (χ4v) is 5.35. The van der Waals surface area contributed by atoms with Gasteiger partial charge in [-0.2, -0.15) is 0 Å². The normalized spacial score (nSPS) is 12.9. The van der Waals surface area contributed by atoms with E-state index in [-0.39, 0.29) is 11.8 Å². The number of rotatable bonds is 5. The predicted octanol–water partition coefficient (Wildman–Crippen LogP) is 6.35. The molecule has 154 valence electrons. The Morgan fingerprint density at radius 3 is 2.50 bits per heavy atom. The van der Waals surface area contributed by atoms with Gasteiger partial charge in [0.25, 0.3) is 11.8 Å². The van der Waals surface area contributed by atoms with E-state index in [4.69, 9.17) is 11.6 Å². The van der Waals surface area contributed by atoms with E-state index >= 15 is 0 Å². The van der Waals surface area contributed by atoms with E-state index in [0.717, 1.165) is 48.9 Å². The number of thiophene rings is 1. The Balaban J connectivity index is 1.68. The van der Waals surface area contributed by atoms with Gasteiger partial charge >= 0.3 is 0 Å². The van der Waals surface area contributed by atoms with Gasteiger partial charge in [0.1, 0.15) is 5.00 Å². The minimum atomic E-state index is -0.304. The minimum absolute atomic E-state index is 0.176. The Morgan fingerprint density at radius 2 is 1.70 bits per heavy atom. The number of hydrogen-bond acceptors (Lipinski definition) is 3. The van der Waals surface area contributed by atoms with Crippen LogP contribution in [0.3, 0.4) is 0 Å². The summed E-state index contributed by atoms with van der Waals surface area (Å²) < 4.78 is 0. The lowest BCUT2D eigenvalue weighted by atomic mass is 9.95. The van der Waals surface area contributed by atoms with Gasteiger partial charge < -0.3 is 10.6 Å². The zero-order valence-electron chi connectivity index (χ0n) is 16.8. The van der Waals surface area contributed by atoms with Gasteiger partial charge in [0, 0.05) is 10.6 Å². The van der Waals surface area contributed by atoms with Crippen LogP contribution >= 0.6 is 22.9 Å². The highest BCUT2D eigenvalue weighted by molar-refractivity contribution is 7.17. The molecular formula is C24H23ClN2O2S. The molecule has 4 nitrogen and oxygen atoms in total. The number of carbonyl (C=O) groups is 2. The summed E-state index contributed by atoms with van der Waals surface area (Å²) in [4.78, 5) is 27.4. The molecule has 2 amide bonds. The number of anilines is 2. The third-order valence-corrected chi connectivity index (χ3v) is 6.93. The molecule has 6 heteroatoms. The van der Waals surface area contributed by atoms with Gasteiger partial charge in [-0.1, -0.05) is 48.9 Å². The average Bonchev–Trinajstić information content (AvgIpc) is 3.12. The van der Waals surface area contributed by atoms with Crippen LogP contribution in [0.2, 0.25) is 5.02 Å². The number of aryl methyl sites for hydroxylation is 2. The molecule has 0 unspecified atom stereocenters. The van der Waals surface area contributed by atoms with Gasteiger partial charge in [0.2, 0.25) is 0 Å². The number of benzene rings is 2. The zero-order chi connectivity index (χ0) is 21.1. The highest BCUT2D eigenvalue weighted by Gasteiger charge is 2.27. The molecule has 0 atom stereocenters. The van der Waals surface area contributed by atoms with Crippen molar-refractivity contribution in [1.82, 2.24) is 0 Å². The van der Waals surface area contributed by atoms with Gasteiger partial charge in [0.05, 0.1) is 16.1 Å². The molecule has 2 N–H and O–H groups in total. The molecule has 1 aliphatic rings. The van der Waals surface area contributed by atoms with Crippen LogP contribution in [0.4, 0.5) is 10.7 Å². The summed E-state index contributed by atoms with van der Waals surface area (Å²) >= 11 is 7.70. The van der Waals surface area contributed by atoms with E-state index in [1.54, 1.807) is 24.3 Å². The lowest BCUT2D eigenvalue weighted by Crippen LogP contribution is -2.19. The SMILES string of the molecule is CCc1ccccc1NC(=O)c1c(NC(=O)c2ccccc2Cl)sc2c1CCCC2. The van der Waals surface area contributed by atoms with Gasteiger partial charge in [-0.25, -0.2) is 0 Å². The van der Waals surface area contributed by atoms with Gasteiger partial charge in [0.15, 0.2) is 0 Å². The molecule has 3 aromatic rings. The predicted molar refractivity (Wildman–Crippen MR) is 124 cm³/mol. The van der Waals surface area contributed by atoms with Crippen molar-refractivity contribution in [2.24, 2.45) is 0 Å². The van der Waals surface area contributed by atoms with Crippen LogP contribution in [0.25, 0.3) is 0 Å². The number of fused-ring (bicyclic) bond motifs is 1. The van der Waals surface area contributed by atoms with Crippen LogP contribution in [0.15, 0.2) is 48.5 Å². The Kier molecular flexibility index (Phi) is 6.21. The third-order valence-electron chi connectivity index (χ3n) is 5.39. The van der Waals surface area contributed by atoms with E-state index in [2.05, 4.69) is 17.6 Å². The lowest BCUT2D eigenvalue weighted by Gasteiger charge is -2.14. The van der Waals surface area contributed by atoms with Crippen LogP contribution in [-0.4, -0.2) is 11.8 Å². The number of para-hydroxylation sites is 1. The maximum absolute atomic E-state index is 13.3. The highest BCUT2D eigenvalue weighted by atomic mass is 35.5. The molecule has 0 spiro atoms. The monoisotopic (exact) mass is 438 g/mol. The second-order valence-corrected chi connectivity index (χ2v) is 8.83. The first-order chi connectivity index (χ1) is 14.6. The van der Waals surface area contributed by atoms with E-state index in [1.165, 1.54) is 16.2 Å². The summed E-state index contributed by atoms with van der Waals surface area (Å²) in [6.45, 7) is 2.06. The molecule has 1 aromatic heterocycles. The Morgan fingerprint density at radius 1 is 0.967 bits per heavy atom. The summed E-state index contributed by atoms with van der Waals surface area (Å²) in [7, 11) is 0. The van der Waals surface area contributed by atoms with E-state index in [9.17, 15) is 9.59 Å². The quantitative estimate of drug-likeness (QED) is 0.487. The first kappa shape index (κ1) is 20.6. The Labute approximate surface area is 185 Å². The van der Waals surface area contributed by atoms with Crippen molar-refractivity contribution in [3.05, 3.63) is 80.7 Å². The number of carbonyl (C=O) groups excluding carboxylic acids is 2. The fraction of sp³-hybridized carbons (Fsp3) is 0.250. The average molecular weight is 439 g/mol. The number of hydrogen-bond donors (Lipinski definition) is 2. The van der Waals surface area contributed by atoms with Crippen molar-refractivity contribution in [3.63, 3.8) is 0 Å². The molecule has 0 saturated carbocycles. The van der Waals surface area contributed by atoms with Crippen LogP contribution in [0, 0.1) is 0 Å². The van der Waals surface area contributed by atoms with Crippen molar-refractivity contribution >= 4 is 45.4 Å². The van der Waals surface area contributed by atoms with Crippen molar-refractivity contribution in [3.8, 4) is 0 Å². The highest BCUT2D eigenvalue weighted by Crippen LogP contribution is 2.39. The van der Waals surface area contributed by atoms with Crippen LogP contribution in [0.5, 0.6) is 0 Å². The standard InChI is InChI=1S/C24H23ClN2O2S/c1-2-15-9-3-7-13-19(15)26-23(29)21-17-11-5-8-14-20(17)30-24(21)27-22(28)16-10-4-6-12-18(16)25/h3-4,6-7,9-10,12-13H,2,5,8,11,14H2,1H3,(H,26,29)(H,27,28). The van der Waals surface area contributed by atoms with Crippen molar-refractivity contribution < 1.29 is 9.59 Å². The summed E-state index contributed by atoms with van der Waals surface area (Å²) in [5, 5.41) is 7.01. The third kappa shape index (κ3) is 4.13. The van der Waals surface area contributed by atoms with Gasteiger partial charge in [-0.05, 0) is 61.4 Å². The Bertz CT molecular complexity index is 1110. The number of amides is 2. The van der Waals surface area contributed by atoms with Crippen LogP contribution < -0.4 is 10.6 Å². The lowest BCUT2D eigenvalue weighted by molar-refractivity contribution is 0.102. The molecule has 0 saturated heterocycles. The first-order valence-electron chi connectivity index (χ1n) is 10.2. The van der Waals surface area contributed by atoms with E-state index < -0.39 is 0 Å². The molecule has 1 heterocycles. The zero-order valence-corrected chi connectivity index (χ0v) is 18.3. The summed E-state index contributed by atoms with van der Waals surface area (Å²) in [5.41, 5.74) is 3.93. The molecule has 2 aromatic carbocycles. The van der Waals surface area contributed by atoms with E-state index in [0.29, 0.717) is 21.2 Å². The molecule has 0 bridgehead atoms. The van der Waals surface area contributed by atoms with Crippen molar-refractivity contribution in [1.29, 1.82) is 0 Å². The largest absolute Gasteiger partial charge is 0.322 e. The number of nitrogens with one attached hydrogen (secondary N) is 2. The second kappa shape index (κ2) is 9.02. The maximum atomic E-state index is 13.3. The van der Waals surface area contributed by atoms with Gasteiger partial charge in [-0.15, -0.1) is 11.3 Å². The van der Waals surface area contributed by atoms with E-state index in [1.807, 2.05) is 24.3 Å². The Hall–Kier alpha value is -2.63. The molecule has 1 aliphatic carbocycles. The fourth-order valence-electron chi connectivity index (χ4n) is 3.85. The summed E-state index contributed by atoms with van der Waals surface area (Å²) in [6, 6.07) is 14.7. The maximum Gasteiger partial charge on any atom is 0.258 e. The molecule has 0 aliphatic heterocycles. The van der Waals surface area contributed by atoms with Gasteiger partial charge in [-0.3, -0.25) is 9.59 Å². The molecule has 0 fully saturated rings. The van der Waals surface area contributed by atoms with Crippen molar-refractivity contribution in [2.45, 2.75) is 39.0 Å². The van der Waals surface area contributed by atoms with Crippen molar-refractivity contribution in [2.75, 3.05) is 10.6 Å². The number of halogens is 1. The minimum Gasteiger partial charge on any atom is -0.322 e. The first-order valence-corrected chi connectivity index (χ1v) is 11.4. The molecule has 4 rings (SSSR count). The summed E-state index contributed by atoms with van der Waals surface area (Å²) in [5.74, 6) is -0.480. The smallest absolute Gasteiger partial charge is 0.258 e. The second-order valence-electron chi connectivity index (χ2n) is 7.31.